The third-order valence-corrected chi connectivity index (χ3v) is 4.72. The summed E-state index contributed by atoms with van der Waals surface area (Å²) in [5, 5.41) is 2.92. The highest BCUT2D eigenvalue weighted by atomic mass is 16.2. The minimum absolute atomic E-state index is 0.00000283. The van der Waals surface area contributed by atoms with Crippen molar-refractivity contribution < 1.29 is 9.59 Å². The Morgan fingerprint density at radius 1 is 1.41 bits per heavy atom. The van der Waals surface area contributed by atoms with E-state index in [2.05, 4.69) is 29.1 Å². The Hall–Kier alpha value is -1.85. The molecule has 1 fully saturated rings. The number of likely N-dealkylation sites (tertiary alicyclic amines) is 1. The molecule has 0 saturated carbocycles. The second kappa shape index (κ2) is 5.74. The normalized spacial score (nSPS) is 24.7. The van der Waals surface area contributed by atoms with E-state index in [0.29, 0.717) is 18.8 Å². The van der Waals surface area contributed by atoms with Crippen molar-refractivity contribution in [3.63, 3.8) is 0 Å². The van der Waals surface area contributed by atoms with Gasteiger partial charge in [-0.2, -0.15) is 0 Å². The first kappa shape index (κ1) is 15.1. The van der Waals surface area contributed by atoms with Crippen LogP contribution in [0.4, 0.5) is 0 Å². The SMILES string of the molecule is CC(C)c1nc2c([nH]1)C[C@@H](C(=O)N[C@@H]1CCN(C)C1=O)CC2. The summed E-state index contributed by atoms with van der Waals surface area (Å²) in [6, 6.07) is -0.341. The lowest BCUT2D eigenvalue weighted by Gasteiger charge is -2.22. The Morgan fingerprint density at radius 2 is 2.18 bits per heavy atom. The summed E-state index contributed by atoms with van der Waals surface area (Å²) >= 11 is 0. The van der Waals surface area contributed by atoms with Crippen LogP contribution in [0.15, 0.2) is 0 Å². The number of nitrogens with zero attached hydrogens (tertiary/aromatic N) is 2. The largest absolute Gasteiger partial charge is 0.345 e. The van der Waals surface area contributed by atoms with Gasteiger partial charge in [-0.3, -0.25) is 9.59 Å². The number of aromatic nitrogens is 2. The van der Waals surface area contributed by atoms with Gasteiger partial charge in [-0.05, 0) is 19.3 Å². The van der Waals surface area contributed by atoms with Crippen LogP contribution in [0.2, 0.25) is 0 Å². The summed E-state index contributed by atoms with van der Waals surface area (Å²) < 4.78 is 0. The number of carbonyl (C=O) groups excluding carboxylic acids is 2. The fraction of sp³-hybridized carbons (Fsp3) is 0.688. The van der Waals surface area contributed by atoms with Crippen molar-refractivity contribution in [1.82, 2.24) is 20.2 Å². The van der Waals surface area contributed by atoms with Gasteiger partial charge in [0.1, 0.15) is 11.9 Å². The van der Waals surface area contributed by atoms with Crippen LogP contribution < -0.4 is 5.32 Å². The third-order valence-electron chi connectivity index (χ3n) is 4.72. The van der Waals surface area contributed by atoms with Gasteiger partial charge in [-0.25, -0.2) is 4.98 Å². The zero-order valence-electron chi connectivity index (χ0n) is 13.5. The summed E-state index contributed by atoms with van der Waals surface area (Å²) in [6.07, 6.45) is 3.03. The maximum Gasteiger partial charge on any atom is 0.244 e. The molecule has 2 amide bonds. The first-order chi connectivity index (χ1) is 10.5. The van der Waals surface area contributed by atoms with Crippen molar-refractivity contribution in [3.05, 3.63) is 17.2 Å². The van der Waals surface area contributed by atoms with Gasteiger partial charge < -0.3 is 15.2 Å². The second-order valence-corrected chi connectivity index (χ2v) is 6.75. The van der Waals surface area contributed by atoms with Gasteiger partial charge in [0.25, 0.3) is 0 Å². The van der Waals surface area contributed by atoms with E-state index in [1.165, 1.54) is 0 Å². The van der Waals surface area contributed by atoms with Crippen molar-refractivity contribution >= 4 is 11.8 Å². The number of nitrogens with one attached hydrogen (secondary N) is 2. The summed E-state index contributed by atoms with van der Waals surface area (Å²) in [7, 11) is 1.78. The average molecular weight is 304 g/mol. The summed E-state index contributed by atoms with van der Waals surface area (Å²) in [4.78, 5) is 34.0. The number of fused-ring (bicyclic) bond motifs is 1. The van der Waals surface area contributed by atoms with Crippen molar-refractivity contribution in [2.45, 2.75) is 51.5 Å². The fourth-order valence-corrected chi connectivity index (χ4v) is 3.25. The lowest BCUT2D eigenvalue weighted by Crippen LogP contribution is -2.44. The lowest BCUT2D eigenvalue weighted by atomic mass is 9.89. The average Bonchev–Trinajstić information content (AvgIpc) is 3.05. The minimum Gasteiger partial charge on any atom is -0.345 e. The van der Waals surface area contributed by atoms with Crippen molar-refractivity contribution in [3.8, 4) is 0 Å². The molecule has 0 spiro atoms. The maximum absolute atomic E-state index is 12.4. The highest BCUT2D eigenvalue weighted by molar-refractivity contribution is 5.89. The molecular weight excluding hydrogens is 280 g/mol. The second-order valence-electron chi connectivity index (χ2n) is 6.75. The number of amides is 2. The summed E-state index contributed by atoms with van der Waals surface area (Å²) in [5.74, 6) is 1.32. The molecule has 0 bridgehead atoms. The molecule has 1 aliphatic carbocycles. The van der Waals surface area contributed by atoms with Crippen LogP contribution in [0.1, 0.15) is 49.8 Å². The number of hydrogen-bond donors (Lipinski definition) is 2. The van der Waals surface area contributed by atoms with E-state index in [1.54, 1.807) is 11.9 Å². The van der Waals surface area contributed by atoms with E-state index in [0.717, 1.165) is 36.6 Å². The Labute approximate surface area is 130 Å². The molecule has 2 heterocycles. The van der Waals surface area contributed by atoms with Crippen LogP contribution in [-0.2, 0) is 22.4 Å². The number of imidazole rings is 1. The monoisotopic (exact) mass is 304 g/mol. The molecule has 120 valence electrons. The van der Waals surface area contributed by atoms with Crippen LogP contribution >= 0.6 is 0 Å². The number of aryl methyl sites for hydroxylation is 1. The van der Waals surface area contributed by atoms with Gasteiger partial charge in [0.05, 0.1) is 5.69 Å². The topological polar surface area (TPSA) is 78.1 Å². The quantitative estimate of drug-likeness (QED) is 0.874. The number of carbonyl (C=O) groups is 2. The predicted octanol–water partition coefficient (Wildman–Crippen LogP) is 0.985. The molecule has 0 radical (unpaired) electrons. The highest BCUT2D eigenvalue weighted by Gasteiger charge is 2.34. The first-order valence-corrected chi connectivity index (χ1v) is 8.08. The van der Waals surface area contributed by atoms with Gasteiger partial charge in [0.15, 0.2) is 0 Å². The van der Waals surface area contributed by atoms with Gasteiger partial charge >= 0.3 is 0 Å². The van der Waals surface area contributed by atoms with Crippen LogP contribution in [0.3, 0.4) is 0 Å². The van der Waals surface area contributed by atoms with Crippen molar-refractivity contribution in [1.29, 1.82) is 0 Å². The third kappa shape index (κ3) is 2.74. The van der Waals surface area contributed by atoms with E-state index in [-0.39, 0.29) is 23.8 Å². The molecule has 6 heteroatoms. The van der Waals surface area contributed by atoms with Crippen molar-refractivity contribution in [2.75, 3.05) is 13.6 Å². The number of likely N-dealkylation sites (N-methyl/N-ethyl adjacent to an activating group) is 1. The Morgan fingerprint density at radius 3 is 2.82 bits per heavy atom. The molecule has 3 rings (SSSR count). The number of aromatic amines is 1. The maximum atomic E-state index is 12.4. The van der Waals surface area contributed by atoms with Gasteiger partial charge in [-0.1, -0.05) is 13.8 Å². The van der Waals surface area contributed by atoms with Crippen LogP contribution in [0.5, 0.6) is 0 Å². The van der Waals surface area contributed by atoms with Crippen LogP contribution in [0.25, 0.3) is 0 Å². The molecule has 0 aromatic carbocycles. The van der Waals surface area contributed by atoms with Crippen molar-refractivity contribution in [2.24, 2.45) is 5.92 Å². The standard InChI is InChI=1S/C16H24N4O2/c1-9(2)14-17-11-5-4-10(8-13(11)18-14)15(21)19-12-6-7-20(3)16(12)22/h9-10,12H,4-8H2,1-3H3,(H,17,18)(H,19,21)/t10-,12+/m0/s1. The number of hydrogen-bond acceptors (Lipinski definition) is 3. The highest BCUT2D eigenvalue weighted by Crippen LogP contribution is 2.26. The van der Waals surface area contributed by atoms with E-state index in [1.807, 2.05) is 0 Å². The Kier molecular flexibility index (Phi) is 3.93. The Balaban J connectivity index is 1.64. The van der Waals surface area contributed by atoms with Gasteiger partial charge in [-0.15, -0.1) is 0 Å². The van der Waals surface area contributed by atoms with Gasteiger partial charge in [0, 0.05) is 37.5 Å². The molecule has 2 aliphatic rings. The molecule has 6 nitrogen and oxygen atoms in total. The molecule has 22 heavy (non-hydrogen) atoms. The minimum atomic E-state index is -0.341. The fourth-order valence-electron chi connectivity index (χ4n) is 3.25. The molecule has 0 unspecified atom stereocenters. The molecule has 1 saturated heterocycles. The van der Waals surface area contributed by atoms with E-state index < -0.39 is 0 Å². The summed E-state index contributed by atoms with van der Waals surface area (Å²) in [5.41, 5.74) is 2.19. The molecule has 1 aromatic heterocycles. The van der Waals surface area contributed by atoms with E-state index in [9.17, 15) is 9.59 Å². The molecule has 2 atom stereocenters. The van der Waals surface area contributed by atoms with Crippen LogP contribution in [0, 0.1) is 5.92 Å². The lowest BCUT2D eigenvalue weighted by molar-refractivity contribution is -0.133. The zero-order chi connectivity index (χ0) is 15.9. The Bertz CT molecular complexity index is 593. The molecular formula is C16H24N4O2. The number of H-pyrrole nitrogens is 1. The number of rotatable bonds is 3. The predicted molar refractivity (Wildman–Crippen MR) is 82.4 cm³/mol. The molecule has 2 N–H and O–H groups in total. The van der Waals surface area contributed by atoms with Gasteiger partial charge in [0.2, 0.25) is 11.8 Å². The smallest absolute Gasteiger partial charge is 0.244 e. The van der Waals surface area contributed by atoms with E-state index in [4.69, 9.17) is 0 Å². The first-order valence-electron chi connectivity index (χ1n) is 8.08. The van der Waals surface area contributed by atoms with Crippen LogP contribution in [-0.4, -0.2) is 46.3 Å². The zero-order valence-corrected chi connectivity index (χ0v) is 13.5. The van der Waals surface area contributed by atoms with E-state index >= 15 is 0 Å². The molecule has 1 aliphatic heterocycles. The summed E-state index contributed by atoms with van der Waals surface area (Å²) in [6.45, 7) is 4.93. The molecule has 1 aromatic rings.